The summed E-state index contributed by atoms with van der Waals surface area (Å²) >= 11 is 1.39. The number of nitrogens with zero attached hydrogens (tertiary/aromatic N) is 2. The van der Waals surface area contributed by atoms with Crippen molar-refractivity contribution in [3.8, 4) is 11.6 Å². The topological polar surface area (TPSA) is 116 Å². The van der Waals surface area contributed by atoms with Crippen LogP contribution in [0.5, 0.6) is 11.6 Å². The normalized spacial score (nSPS) is 23.3. The van der Waals surface area contributed by atoms with Crippen molar-refractivity contribution >= 4 is 28.8 Å². The van der Waals surface area contributed by atoms with Crippen molar-refractivity contribution in [3.05, 3.63) is 64.2 Å². The summed E-state index contributed by atoms with van der Waals surface area (Å²) in [5, 5.41) is 4.74. The van der Waals surface area contributed by atoms with Crippen LogP contribution >= 0.6 is 11.3 Å². The largest absolute Gasteiger partial charge is 0.497 e. The molecule has 2 saturated carbocycles. The molecular formula is C24H24N4O4S. The fourth-order valence-electron chi connectivity index (χ4n) is 4.99. The quantitative estimate of drug-likeness (QED) is 0.546. The van der Waals surface area contributed by atoms with Gasteiger partial charge in [-0.1, -0.05) is 0 Å². The van der Waals surface area contributed by atoms with Crippen LogP contribution in [0.3, 0.4) is 0 Å². The molecule has 3 aromatic rings. The van der Waals surface area contributed by atoms with Gasteiger partial charge >= 0.3 is 0 Å². The standard InChI is InChI=1S/C24H24N4O4S/c1-31-15-4-5-19(28-22(30)20-12-33-13-27-20)18(7-15)14-8-24(9-14)10-16(11-24)32-23-17(21(25)29)3-2-6-26-23/h2-7,12-14,16H,8-11H2,1H3,(H2,25,29)(H,28,30). The molecule has 1 spiro atoms. The molecular weight excluding hydrogens is 440 g/mol. The van der Waals surface area contributed by atoms with E-state index in [1.807, 2.05) is 18.2 Å². The van der Waals surface area contributed by atoms with Gasteiger partial charge in [-0.05, 0) is 72.9 Å². The maximum absolute atomic E-state index is 12.5. The lowest BCUT2D eigenvalue weighted by Crippen LogP contribution is -2.51. The van der Waals surface area contributed by atoms with Gasteiger partial charge in [0.25, 0.3) is 11.8 Å². The van der Waals surface area contributed by atoms with Crippen LogP contribution in [0.15, 0.2) is 47.4 Å². The lowest BCUT2D eigenvalue weighted by molar-refractivity contribution is -0.0817. The highest BCUT2D eigenvalue weighted by molar-refractivity contribution is 7.07. The fraction of sp³-hybridized carbons (Fsp3) is 0.333. The molecule has 2 aliphatic rings. The maximum atomic E-state index is 12.5. The van der Waals surface area contributed by atoms with Gasteiger partial charge in [0.05, 0.1) is 12.6 Å². The molecule has 0 radical (unpaired) electrons. The second-order valence-corrected chi connectivity index (χ2v) is 9.47. The summed E-state index contributed by atoms with van der Waals surface area (Å²) in [6.45, 7) is 0. The number of rotatable bonds is 7. The average Bonchev–Trinajstić information content (AvgIpc) is 3.30. The van der Waals surface area contributed by atoms with Crippen molar-refractivity contribution in [2.45, 2.75) is 37.7 Å². The van der Waals surface area contributed by atoms with Gasteiger partial charge < -0.3 is 20.5 Å². The van der Waals surface area contributed by atoms with Gasteiger partial charge in [-0.3, -0.25) is 9.59 Å². The van der Waals surface area contributed by atoms with Crippen LogP contribution in [0.4, 0.5) is 5.69 Å². The summed E-state index contributed by atoms with van der Waals surface area (Å²) in [6, 6.07) is 9.05. The first-order valence-corrected chi connectivity index (χ1v) is 11.7. The number of hydrogen-bond donors (Lipinski definition) is 2. The molecule has 9 heteroatoms. The molecule has 0 unspecified atom stereocenters. The zero-order chi connectivity index (χ0) is 23.0. The van der Waals surface area contributed by atoms with Gasteiger partial charge in [-0.15, -0.1) is 11.3 Å². The second kappa shape index (κ2) is 8.47. The number of benzene rings is 1. The molecule has 3 N–H and O–H groups in total. The summed E-state index contributed by atoms with van der Waals surface area (Å²) in [6.07, 6.45) is 5.44. The van der Waals surface area contributed by atoms with Crippen molar-refractivity contribution < 1.29 is 19.1 Å². The van der Waals surface area contributed by atoms with Crippen molar-refractivity contribution in [1.82, 2.24) is 9.97 Å². The highest BCUT2D eigenvalue weighted by Crippen LogP contribution is 2.63. The van der Waals surface area contributed by atoms with E-state index in [1.54, 1.807) is 36.3 Å². The number of pyridine rings is 1. The van der Waals surface area contributed by atoms with E-state index in [4.69, 9.17) is 15.2 Å². The van der Waals surface area contributed by atoms with E-state index >= 15 is 0 Å². The molecule has 0 bridgehead atoms. The SMILES string of the molecule is COc1ccc(NC(=O)c2cscn2)c(C2CC3(CC(Oc4ncccc4C(N)=O)C3)C2)c1. The molecule has 5 rings (SSSR count). The van der Waals surface area contributed by atoms with Crippen LogP contribution in [-0.2, 0) is 0 Å². The number of primary amides is 1. The Bertz CT molecular complexity index is 1180. The Morgan fingerprint density at radius 2 is 2.00 bits per heavy atom. The number of methoxy groups -OCH3 is 1. The predicted octanol–water partition coefficient (Wildman–Crippen LogP) is 4.00. The van der Waals surface area contributed by atoms with Crippen molar-refractivity contribution in [1.29, 1.82) is 0 Å². The minimum absolute atomic E-state index is 0.0214. The van der Waals surface area contributed by atoms with E-state index in [2.05, 4.69) is 15.3 Å². The molecule has 2 amide bonds. The van der Waals surface area contributed by atoms with Crippen LogP contribution in [0.1, 0.15) is 58.0 Å². The highest BCUT2D eigenvalue weighted by atomic mass is 32.1. The fourth-order valence-corrected chi connectivity index (χ4v) is 5.52. The number of carbonyl (C=O) groups excluding carboxylic acids is 2. The predicted molar refractivity (Wildman–Crippen MR) is 124 cm³/mol. The molecule has 2 aliphatic carbocycles. The van der Waals surface area contributed by atoms with Crippen molar-refractivity contribution in [3.63, 3.8) is 0 Å². The summed E-state index contributed by atoms with van der Waals surface area (Å²) < 4.78 is 11.4. The third kappa shape index (κ3) is 4.16. The first-order valence-electron chi connectivity index (χ1n) is 10.8. The monoisotopic (exact) mass is 464 g/mol. The minimum atomic E-state index is -0.541. The Morgan fingerprint density at radius 1 is 1.18 bits per heavy atom. The van der Waals surface area contributed by atoms with Gasteiger partial charge in [0, 0.05) is 17.3 Å². The number of thiazole rings is 1. The van der Waals surface area contributed by atoms with Crippen LogP contribution < -0.4 is 20.5 Å². The number of hydrogen-bond acceptors (Lipinski definition) is 7. The first kappa shape index (κ1) is 21.4. The van der Waals surface area contributed by atoms with Crippen molar-refractivity contribution in [2.24, 2.45) is 11.1 Å². The zero-order valence-electron chi connectivity index (χ0n) is 18.1. The number of amides is 2. The number of aromatic nitrogens is 2. The van der Waals surface area contributed by atoms with E-state index in [-0.39, 0.29) is 17.4 Å². The lowest BCUT2D eigenvalue weighted by atomic mass is 9.49. The number of anilines is 1. The molecule has 0 saturated heterocycles. The average molecular weight is 465 g/mol. The molecule has 2 heterocycles. The number of nitrogens with two attached hydrogens (primary N) is 1. The van der Waals surface area contributed by atoms with Gasteiger partial charge in [0.1, 0.15) is 23.1 Å². The molecule has 1 aromatic carbocycles. The van der Waals surface area contributed by atoms with Gasteiger partial charge in [0.15, 0.2) is 0 Å². The number of nitrogens with one attached hydrogen (secondary N) is 1. The molecule has 0 aliphatic heterocycles. The van der Waals surface area contributed by atoms with Gasteiger partial charge in [0.2, 0.25) is 5.88 Å². The Morgan fingerprint density at radius 3 is 2.70 bits per heavy atom. The van der Waals surface area contributed by atoms with E-state index < -0.39 is 5.91 Å². The maximum Gasteiger partial charge on any atom is 0.275 e. The lowest BCUT2D eigenvalue weighted by Gasteiger charge is -2.57. The highest BCUT2D eigenvalue weighted by Gasteiger charge is 2.54. The van der Waals surface area contributed by atoms with Crippen LogP contribution in [0.25, 0.3) is 0 Å². The van der Waals surface area contributed by atoms with E-state index in [9.17, 15) is 9.59 Å². The van der Waals surface area contributed by atoms with E-state index in [0.717, 1.165) is 42.7 Å². The molecule has 170 valence electrons. The van der Waals surface area contributed by atoms with Crippen LogP contribution in [0.2, 0.25) is 0 Å². The number of ether oxygens (including phenoxy) is 2. The van der Waals surface area contributed by atoms with Crippen molar-refractivity contribution in [2.75, 3.05) is 12.4 Å². The molecule has 33 heavy (non-hydrogen) atoms. The molecule has 0 atom stereocenters. The third-order valence-electron chi connectivity index (χ3n) is 6.61. The Kier molecular flexibility index (Phi) is 5.49. The van der Waals surface area contributed by atoms with Crippen LogP contribution in [-0.4, -0.2) is 35.0 Å². The Labute approximate surface area is 195 Å². The van der Waals surface area contributed by atoms with Gasteiger partial charge in [-0.25, -0.2) is 9.97 Å². The Hall–Kier alpha value is -3.46. The minimum Gasteiger partial charge on any atom is -0.497 e. The summed E-state index contributed by atoms with van der Waals surface area (Å²) in [7, 11) is 1.64. The first-order chi connectivity index (χ1) is 16.0. The summed E-state index contributed by atoms with van der Waals surface area (Å²) in [4.78, 5) is 32.4. The third-order valence-corrected chi connectivity index (χ3v) is 7.19. The Balaban J connectivity index is 1.24. The van der Waals surface area contributed by atoms with Gasteiger partial charge in [-0.2, -0.15) is 0 Å². The molecule has 2 fully saturated rings. The number of carbonyl (C=O) groups is 2. The van der Waals surface area contributed by atoms with E-state index in [0.29, 0.717) is 23.1 Å². The zero-order valence-corrected chi connectivity index (χ0v) is 18.9. The van der Waals surface area contributed by atoms with Crippen LogP contribution in [0, 0.1) is 5.41 Å². The smallest absolute Gasteiger partial charge is 0.275 e. The summed E-state index contributed by atoms with van der Waals surface area (Å²) in [5.74, 6) is 0.639. The van der Waals surface area contributed by atoms with E-state index in [1.165, 1.54) is 11.3 Å². The summed E-state index contributed by atoms with van der Waals surface area (Å²) in [5.41, 5.74) is 9.88. The molecule has 2 aromatic heterocycles. The second-order valence-electron chi connectivity index (χ2n) is 8.75. The molecule has 8 nitrogen and oxygen atoms in total.